The molecule has 0 atom stereocenters. The Morgan fingerprint density at radius 2 is 1.65 bits per heavy atom. The number of fused-ring (bicyclic) bond motifs is 1. The third-order valence-electron chi connectivity index (χ3n) is 2.13. The Labute approximate surface area is 107 Å². The number of nitrogens with zero attached hydrogens (tertiary/aromatic N) is 5. The second kappa shape index (κ2) is 4.80. The van der Waals surface area contributed by atoms with Crippen molar-refractivity contribution in [2.24, 2.45) is 0 Å². The molecular weight excluding hydrogens is 292 g/mol. The number of aromatic nitrogens is 4. The van der Waals surface area contributed by atoms with Crippen molar-refractivity contribution in [3.05, 3.63) is 18.5 Å². The number of anilines is 1. The lowest BCUT2D eigenvalue weighted by Gasteiger charge is -2.23. The second-order valence-corrected chi connectivity index (χ2v) is 3.86. The Morgan fingerprint density at radius 3 is 2.15 bits per heavy atom. The first kappa shape index (κ1) is 14.3. The molecule has 5 nitrogen and oxygen atoms in total. The minimum atomic E-state index is -4.81. The van der Waals surface area contributed by atoms with Crippen LogP contribution in [0.25, 0.3) is 5.78 Å². The van der Waals surface area contributed by atoms with Crippen LogP contribution >= 0.6 is 0 Å². The summed E-state index contributed by atoms with van der Waals surface area (Å²) >= 11 is 0. The van der Waals surface area contributed by atoms with Gasteiger partial charge in [0.25, 0.3) is 5.78 Å². The minimum absolute atomic E-state index is 0.00861. The third-order valence-corrected chi connectivity index (χ3v) is 2.13. The highest BCUT2D eigenvalue weighted by atomic mass is 19.4. The predicted octanol–water partition coefficient (Wildman–Crippen LogP) is 2.06. The highest BCUT2D eigenvalue weighted by Gasteiger charge is 2.39. The maximum absolute atomic E-state index is 12.3. The number of halogens is 6. The van der Waals surface area contributed by atoms with E-state index in [0.717, 1.165) is 4.52 Å². The van der Waals surface area contributed by atoms with E-state index in [4.69, 9.17) is 0 Å². The number of rotatable bonds is 3. The van der Waals surface area contributed by atoms with Gasteiger partial charge in [0.2, 0.25) is 5.95 Å². The fourth-order valence-electron chi connectivity index (χ4n) is 1.49. The van der Waals surface area contributed by atoms with Crippen LogP contribution in [0.4, 0.5) is 32.3 Å². The zero-order valence-corrected chi connectivity index (χ0v) is 9.65. The summed E-state index contributed by atoms with van der Waals surface area (Å²) in [6.45, 7) is -3.60. The minimum Gasteiger partial charge on any atom is -0.321 e. The highest BCUT2D eigenvalue weighted by molar-refractivity contribution is 5.39. The van der Waals surface area contributed by atoms with Gasteiger partial charge in [0, 0.05) is 12.4 Å². The summed E-state index contributed by atoms with van der Waals surface area (Å²) in [7, 11) is 0. The molecule has 2 heterocycles. The Hall–Kier alpha value is -2.07. The van der Waals surface area contributed by atoms with Crippen LogP contribution in [0.5, 0.6) is 0 Å². The lowest BCUT2D eigenvalue weighted by molar-refractivity contribution is -0.137. The van der Waals surface area contributed by atoms with Crippen molar-refractivity contribution < 1.29 is 26.3 Å². The Balaban J connectivity index is 2.34. The molecule has 0 aromatic carbocycles. The van der Waals surface area contributed by atoms with Gasteiger partial charge in [0.05, 0.1) is 0 Å². The summed E-state index contributed by atoms with van der Waals surface area (Å²) in [6.07, 6.45) is -7.00. The molecule has 0 saturated heterocycles. The quantitative estimate of drug-likeness (QED) is 0.814. The van der Waals surface area contributed by atoms with E-state index in [1.165, 1.54) is 18.5 Å². The normalized spacial score (nSPS) is 12.9. The molecule has 0 saturated carbocycles. The van der Waals surface area contributed by atoms with Gasteiger partial charge in [-0.1, -0.05) is 0 Å². The third kappa shape index (κ3) is 3.71. The van der Waals surface area contributed by atoms with Crippen LogP contribution in [-0.2, 0) is 0 Å². The Bertz CT molecular complexity index is 539. The van der Waals surface area contributed by atoms with Crippen LogP contribution < -0.4 is 4.90 Å². The van der Waals surface area contributed by atoms with Crippen LogP contribution in [0.3, 0.4) is 0 Å². The predicted molar refractivity (Wildman–Crippen MR) is 55.1 cm³/mol. The summed E-state index contributed by atoms with van der Waals surface area (Å²) < 4.78 is 75.0. The summed E-state index contributed by atoms with van der Waals surface area (Å²) in [4.78, 5) is 7.23. The maximum Gasteiger partial charge on any atom is 0.406 e. The lowest BCUT2D eigenvalue weighted by atomic mass is 10.4. The van der Waals surface area contributed by atoms with Crippen LogP contribution in [0.1, 0.15) is 0 Å². The number of alkyl halides is 6. The number of hydrogen-bond donors (Lipinski definition) is 0. The molecule has 0 amide bonds. The van der Waals surface area contributed by atoms with Crippen molar-refractivity contribution in [3.8, 4) is 0 Å². The molecule has 20 heavy (non-hydrogen) atoms. The summed E-state index contributed by atoms with van der Waals surface area (Å²) in [5.74, 6) is -0.768. The van der Waals surface area contributed by atoms with Gasteiger partial charge in [-0.25, -0.2) is 9.50 Å². The second-order valence-electron chi connectivity index (χ2n) is 3.86. The summed E-state index contributed by atoms with van der Waals surface area (Å²) in [6, 6.07) is 1.42. The summed E-state index contributed by atoms with van der Waals surface area (Å²) in [5.41, 5.74) is 0. The maximum atomic E-state index is 12.3. The monoisotopic (exact) mass is 299 g/mol. The van der Waals surface area contributed by atoms with Crippen molar-refractivity contribution in [1.82, 2.24) is 19.6 Å². The first-order valence-corrected chi connectivity index (χ1v) is 5.20. The fourth-order valence-corrected chi connectivity index (χ4v) is 1.49. The fraction of sp³-hybridized carbons (Fsp3) is 0.444. The topological polar surface area (TPSA) is 46.3 Å². The molecule has 0 aliphatic carbocycles. The average molecular weight is 299 g/mol. The summed E-state index contributed by atoms with van der Waals surface area (Å²) in [5, 5.41) is 3.55. The standard InChI is InChI=1S/C9H7F6N5/c10-8(11,12)4-19(5-9(13,14)15)7-17-6-16-2-1-3-20(6)18-7/h1-3H,4-5H2. The van der Waals surface area contributed by atoms with Gasteiger partial charge >= 0.3 is 12.4 Å². The molecule has 0 spiro atoms. The first-order chi connectivity index (χ1) is 9.14. The van der Waals surface area contributed by atoms with Crippen LogP contribution in [-0.4, -0.2) is 45.0 Å². The molecule has 0 N–H and O–H groups in total. The largest absolute Gasteiger partial charge is 0.406 e. The smallest absolute Gasteiger partial charge is 0.321 e. The molecule has 0 aliphatic rings. The molecule has 0 aliphatic heterocycles. The van der Waals surface area contributed by atoms with Crippen molar-refractivity contribution in [2.75, 3.05) is 18.0 Å². The van der Waals surface area contributed by atoms with Crippen molar-refractivity contribution in [2.45, 2.75) is 12.4 Å². The van der Waals surface area contributed by atoms with E-state index in [2.05, 4.69) is 15.1 Å². The van der Waals surface area contributed by atoms with Crippen LogP contribution in [0, 0.1) is 0 Å². The van der Waals surface area contributed by atoms with Crippen LogP contribution in [0.15, 0.2) is 18.5 Å². The van der Waals surface area contributed by atoms with E-state index in [1.54, 1.807) is 0 Å². The van der Waals surface area contributed by atoms with Gasteiger partial charge in [-0.15, -0.1) is 5.10 Å². The van der Waals surface area contributed by atoms with Gasteiger partial charge in [-0.2, -0.15) is 31.3 Å². The Morgan fingerprint density at radius 1 is 1.05 bits per heavy atom. The molecule has 2 rings (SSSR count). The van der Waals surface area contributed by atoms with E-state index >= 15 is 0 Å². The van der Waals surface area contributed by atoms with Gasteiger partial charge in [0.1, 0.15) is 13.1 Å². The molecule has 0 radical (unpaired) electrons. The first-order valence-electron chi connectivity index (χ1n) is 5.20. The molecule has 11 heteroatoms. The van der Waals surface area contributed by atoms with E-state index in [1.807, 2.05) is 0 Å². The van der Waals surface area contributed by atoms with E-state index in [-0.39, 0.29) is 10.7 Å². The van der Waals surface area contributed by atoms with Gasteiger partial charge in [-0.05, 0) is 6.07 Å². The molecule has 110 valence electrons. The van der Waals surface area contributed by atoms with Crippen molar-refractivity contribution in [1.29, 1.82) is 0 Å². The van der Waals surface area contributed by atoms with E-state index < -0.39 is 31.4 Å². The van der Waals surface area contributed by atoms with Crippen molar-refractivity contribution in [3.63, 3.8) is 0 Å². The number of hydrogen-bond acceptors (Lipinski definition) is 4. The molecule has 2 aromatic rings. The molecule has 0 fully saturated rings. The lowest BCUT2D eigenvalue weighted by Crippen LogP contribution is -2.41. The van der Waals surface area contributed by atoms with Crippen molar-refractivity contribution >= 4 is 11.7 Å². The Kier molecular flexibility index (Phi) is 3.44. The van der Waals surface area contributed by atoms with E-state index in [9.17, 15) is 26.3 Å². The highest BCUT2D eigenvalue weighted by Crippen LogP contribution is 2.24. The van der Waals surface area contributed by atoms with E-state index in [0.29, 0.717) is 0 Å². The van der Waals surface area contributed by atoms with Gasteiger partial charge < -0.3 is 4.90 Å². The molecular formula is C9H7F6N5. The molecule has 2 aromatic heterocycles. The van der Waals surface area contributed by atoms with Crippen LogP contribution in [0.2, 0.25) is 0 Å². The van der Waals surface area contributed by atoms with Gasteiger partial charge in [0.15, 0.2) is 0 Å². The average Bonchev–Trinajstić information content (AvgIpc) is 2.67. The molecule has 0 bridgehead atoms. The SMILES string of the molecule is FC(F)(F)CN(CC(F)(F)F)c1nc2ncccn2n1. The molecule has 0 unspecified atom stereocenters. The zero-order valence-electron chi connectivity index (χ0n) is 9.65. The zero-order chi connectivity index (χ0) is 15.0. The van der Waals surface area contributed by atoms with Gasteiger partial charge in [-0.3, -0.25) is 0 Å².